The minimum atomic E-state index is -1.48. The summed E-state index contributed by atoms with van der Waals surface area (Å²) in [5.41, 5.74) is 0.0658. The predicted octanol–water partition coefficient (Wildman–Crippen LogP) is 2.93. The fraction of sp³-hybridized carbons (Fsp3) is 0.286. The van der Waals surface area contributed by atoms with Crippen LogP contribution in [0.25, 0.3) is 0 Å². The number of para-hydroxylation sites is 1. The Morgan fingerprint density at radius 3 is 2.23 bits per heavy atom. The second kappa shape index (κ2) is 7.52. The van der Waals surface area contributed by atoms with Crippen molar-refractivity contribution in [3.05, 3.63) is 66.2 Å². The highest BCUT2D eigenvalue weighted by atomic mass is 16.5. The predicted molar refractivity (Wildman–Crippen MR) is 97.7 cm³/mol. The standard InChI is InChI=1S/C21H21NO4/c1-16(23)21(13-8-14-22(21)18-11-6-3-7-12-18)19(24)20(25)26-15-17-9-4-2-5-10-17/h2-7,9-12H,8,13-15H2,1H3. The maximum atomic E-state index is 13.0. The molecule has 5 heteroatoms. The van der Waals surface area contributed by atoms with Gasteiger partial charge in [0.05, 0.1) is 0 Å². The molecule has 0 spiro atoms. The van der Waals surface area contributed by atoms with Crippen LogP contribution in [0, 0.1) is 0 Å². The van der Waals surface area contributed by atoms with Crippen molar-refractivity contribution in [2.75, 3.05) is 11.4 Å². The monoisotopic (exact) mass is 351 g/mol. The number of ether oxygens (including phenoxy) is 1. The van der Waals surface area contributed by atoms with Crippen LogP contribution in [0.2, 0.25) is 0 Å². The molecule has 1 aliphatic rings. The SMILES string of the molecule is CC(=O)C1(C(=O)C(=O)OCc2ccccc2)CCCN1c1ccccc1. The molecule has 2 aromatic rings. The number of carbonyl (C=O) groups is 3. The largest absolute Gasteiger partial charge is 0.455 e. The summed E-state index contributed by atoms with van der Waals surface area (Å²) in [6.45, 7) is 1.91. The van der Waals surface area contributed by atoms with Crippen LogP contribution in [0.4, 0.5) is 5.69 Å². The van der Waals surface area contributed by atoms with Gasteiger partial charge in [-0.2, -0.15) is 0 Å². The van der Waals surface area contributed by atoms with Gasteiger partial charge in [0.25, 0.3) is 5.78 Å². The van der Waals surface area contributed by atoms with E-state index in [4.69, 9.17) is 4.74 Å². The second-order valence-corrected chi connectivity index (χ2v) is 6.40. The van der Waals surface area contributed by atoms with E-state index in [0.717, 1.165) is 11.3 Å². The lowest BCUT2D eigenvalue weighted by molar-refractivity contribution is -0.158. The van der Waals surface area contributed by atoms with Crippen molar-refractivity contribution in [1.82, 2.24) is 0 Å². The van der Waals surface area contributed by atoms with Crippen molar-refractivity contribution < 1.29 is 19.1 Å². The normalized spacial score (nSPS) is 19.2. The summed E-state index contributed by atoms with van der Waals surface area (Å²) in [4.78, 5) is 39.7. The average molecular weight is 351 g/mol. The molecule has 5 nitrogen and oxygen atoms in total. The number of hydrogen-bond acceptors (Lipinski definition) is 5. The van der Waals surface area contributed by atoms with Gasteiger partial charge in [0.2, 0.25) is 0 Å². The smallest absolute Gasteiger partial charge is 0.378 e. The molecule has 134 valence electrons. The summed E-state index contributed by atoms with van der Waals surface area (Å²) >= 11 is 0. The molecule has 1 fully saturated rings. The molecule has 0 bridgehead atoms. The van der Waals surface area contributed by atoms with Crippen LogP contribution in [0.5, 0.6) is 0 Å². The Kier molecular flexibility index (Phi) is 5.16. The van der Waals surface area contributed by atoms with Crippen LogP contribution in [0.15, 0.2) is 60.7 Å². The minimum absolute atomic E-state index is 0.00470. The molecule has 3 rings (SSSR count). The Morgan fingerprint density at radius 2 is 1.62 bits per heavy atom. The first-order valence-electron chi connectivity index (χ1n) is 8.65. The summed E-state index contributed by atoms with van der Waals surface area (Å²) in [7, 11) is 0. The first-order chi connectivity index (χ1) is 12.6. The van der Waals surface area contributed by atoms with E-state index in [9.17, 15) is 14.4 Å². The van der Waals surface area contributed by atoms with Gasteiger partial charge >= 0.3 is 5.97 Å². The van der Waals surface area contributed by atoms with E-state index in [1.165, 1.54) is 6.92 Å². The molecule has 2 aromatic carbocycles. The Hall–Kier alpha value is -2.95. The second-order valence-electron chi connectivity index (χ2n) is 6.40. The lowest BCUT2D eigenvalue weighted by Gasteiger charge is -2.35. The molecule has 1 unspecified atom stereocenters. The molecule has 26 heavy (non-hydrogen) atoms. The highest BCUT2D eigenvalue weighted by Crippen LogP contribution is 2.36. The zero-order chi connectivity index (χ0) is 18.6. The van der Waals surface area contributed by atoms with E-state index < -0.39 is 17.3 Å². The lowest BCUT2D eigenvalue weighted by Crippen LogP contribution is -2.58. The summed E-state index contributed by atoms with van der Waals surface area (Å²) in [5, 5.41) is 0. The van der Waals surface area contributed by atoms with Crippen LogP contribution in [-0.2, 0) is 25.7 Å². The van der Waals surface area contributed by atoms with Gasteiger partial charge in [-0.05, 0) is 37.5 Å². The minimum Gasteiger partial charge on any atom is -0.455 e. The maximum Gasteiger partial charge on any atom is 0.378 e. The van der Waals surface area contributed by atoms with Gasteiger partial charge in [-0.3, -0.25) is 9.59 Å². The Balaban J connectivity index is 1.83. The van der Waals surface area contributed by atoms with Gasteiger partial charge in [-0.25, -0.2) is 4.79 Å². The van der Waals surface area contributed by atoms with Crippen LogP contribution in [0.3, 0.4) is 0 Å². The lowest BCUT2D eigenvalue weighted by atomic mass is 9.86. The molecule has 0 saturated carbocycles. The van der Waals surface area contributed by atoms with E-state index in [1.807, 2.05) is 60.7 Å². The van der Waals surface area contributed by atoms with E-state index >= 15 is 0 Å². The van der Waals surface area contributed by atoms with Crippen LogP contribution in [-0.4, -0.2) is 29.6 Å². The van der Waals surface area contributed by atoms with E-state index in [1.54, 1.807) is 4.90 Å². The Morgan fingerprint density at radius 1 is 1.00 bits per heavy atom. The van der Waals surface area contributed by atoms with Crippen molar-refractivity contribution in [3.8, 4) is 0 Å². The number of ketones is 2. The maximum absolute atomic E-state index is 13.0. The van der Waals surface area contributed by atoms with Gasteiger partial charge in [-0.15, -0.1) is 0 Å². The number of nitrogens with zero attached hydrogens (tertiary/aromatic N) is 1. The Bertz CT molecular complexity index is 803. The van der Waals surface area contributed by atoms with Crippen molar-refractivity contribution in [1.29, 1.82) is 0 Å². The first-order valence-corrected chi connectivity index (χ1v) is 8.65. The Labute approximate surface area is 152 Å². The van der Waals surface area contributed by atoms with Crippen LogP contribution >= 0.6 is 0 Å². The van der Waals surface area contributed by atoms with E-state index in [0.29, 0.717) is 19.4 Å². The fourth-order valence-corrected chi connectivity index (χ4v) is 3.50. The molecule has 0 radical (unpaired) electrons. The van der Waals surface area contributed by atoms with E-state index in [2.05, 4.69) is 0 Å². The molecule has 0 aromatic heterocycles. The first kappa shape index (κ1) is 17.9. The van der Waals surface area contributed by atoms with Gasteiger partial charge in [0.15, 0.2) is 11.3 Å². The quantitative estimate of drug-likeness (QED) is 0.455. The van der Waals surface area contributed by atoms with Gasteiger partial charge in [-0.1, -0.05) is 48.5 Å². The van der Waals surface area contributed by atoms with Crippen molar-refractivity contribution in [2.24, 2.45) is 0 Å². The van der Waals surface area contributed by atoms with E-state index in [-0.39, 0.29) is 12.4 Å². The number of benzene rings is 2. The molecule has 0 N–H and O–H groups in total. The summed E-state index contributed by atoms with van der Waals surface area (Å²) in [5.74, 6) is -2.09. The molecule has 0 amide bonds. The third kappa shape index (κ3) is 3.25. The number of Topliss-reactive ketones (excluding diaryl/α,β-unsaturated/α-hetero) is 2. The molecule has 0 aliphatic carbocycles. The fourth-order valence-electron chi connectivity index (χ4n) is 3.50. The van der Waals surface area contributed by atoms with Crippen molar-refractivity contribution in [2.45, 2.75) is 31.9 Å². The topological polar surface area (TPSA) is 63.7 Å². The molecule has 1 atom stereocenters. The molecular weight excluding hydrogens is 330 g/mol. The summed E-state index contributed by atoms with van der Waals surface area (Å²) in [6, 6.07) is 18.4. The average Bonchev–Trinajstić information content (AvgIpc) is 3.13. The number of rotatable bonds is 6. The number of carbonyl (C=O) groups excluding carboxylic acids is 3. The highest BCUT2D eigenvalue weighted by Gasteiger charge is 2.54. The zero-order valence-electron chi connectivity index (χ0n) is 14.7. The third-order valence-corrected chi connectivity index (χ3v) is 4.81. The highest BCUT2D eigenvalue weighted by molar-refractivity contribution is 6.43. The van der Waals surface area contributed by atoms with Crippen molar-refractivity contribution in [3.63, 3.8) is 0 Å². The van der Waals surface area contributed by atoms with Crippen LogP contribution in [0.1, 0.15) is 25.3 Å². The molecular formula is C21H21NO4. The van der Waals surface area contributed by atoms with Crippen LogP contribution < -0.4 is 4.90 Å². The van der Waals surface area contributed by atoms with Gasteiger partial charge < -0.3 is 9.64 Å². The number of hydrogen-bond donors (Lipinski definition) is 0. The number of anilines is 1. The molecule has 1 aliphatic heterocycles. The summed E-state index contributed by atoms with van der Waals surface area (Å²) in [6.07, 6.45) is 0.975. The molecule has 1 saturated heterocycles. The number of esters is 1. The molecule has 1 heterocycles. The third-order valence-electron chi connectivity index (χ3n) is 4.81. The van der Waals surface area contributed by atoms with Crippen molar-refractivity contribution >= 4 is 23.2 Å². The summed E-state index contributed by atoms with van der Waals surface area (Å²) < 4.78 is 5.19. The zero-order valence-corrected chi connectivity index (χ0v) is 14.7. The van der Waals surface area contributed by atoms with Gasteiger partial charge in [0, 0.05) is 12.2 Å². The van der Waals surface area contributed by atoms with Gasteiger partial charge in [0.1, 0.15) is 6.61 Å².